The summed E-state index contributed by atoms with van der Waals surface area (Å²) in [6.45, 7) is 3.08. The van der Waals surface area contributed by atoms with E-state index in [4.69, 9.17) is 28.7 Å². The van der Waals surface area contributed by atoms with Crippen LogP contribution in [0.1, 0.15) is 54.3 Å². The summed E-state index contributed by atoms with van der Waals surface area (Å²) in [6, 6.07) is 6.43. The van der Waals surface area contributed by atoms with Crippen molar-refractivity contribution in [2.24, 2.45) is 16.8 Å². The molecule has 12 nitrogen and oxygen atoms in total. The fraction of sp³-hybridized carbons (Fsp3) is 0.500. The van der Waals surface area contributed by atoms with Crippen molar-refractivity contribution in [1.82, 2.24) is 9.80 Å². The minimum absolute atomic E-state index is 0.0524. The van der Waals surface area contributed by atoms with Crippen LogP contribution >= 0.6 is 0 Å². The molecule has 2 aromatic rings. The van der Waals surface area contributed by atoms with Crippen molar-refractivity contribution in [1.29, 1.82) is 0 Å². The number of benzene rings is 2. The summed E-state index contributed by atoms with van der Waals surface area (Å²) in [5, 5.41) is 10.6. The number of methoxy groups -OCH3 is 2. The van der Waals surface area contributed by atoms with Crippen LogP contribution in [0.5, 0.6) is 28.7 Å². The van der Waals surface area contributed by atoms with Crippen LogP contribution in [0.3, 0.4) is 0 Å². The number of cyclic esters (lactones) is 1. The van der Waals surface area contributed by atoms with Crippen LogP contribution in [0.25, 0.3) is 0 Å². The average Bonchev–Trinajstić information content (AvgIpc) is 3.73. The predicted octanol–water partition coefficient (Wildman–Crippen LogP) is 2.80. The quantitative estimate of drug-likeness (QED) is 0.371. The lowest BCUT2D eigenvalue weighted by molar-refractivity contribution is -0.142. The Kier molecular flexibility index (Phi) is 7.31. The Labute approximate surface area is 254 Å². The molecule has 3 saturated heterocycles. The van der Waals surface area contributed by atoms with Crippen LogP contribution in [0.2, 0.25) is 0 Å². The summed E-state index contributed by atoms with van der Waals surface area (Å²) in [5.74, 6) is -1.34. The van der Waals surface area contributed by atoms with E-state index in [2.05, 4.69) is 4.90 Å². The molecule has 5 aliphatic rings. The lowest BCUT2D eigenvalue weighted by Gasteiger charge is -2.37. The number of carbonyl (C=O) groups is 3. The van der Waals surface area contributed by atoms with Crippen LogP contribution in [0, 0.1) is 11.8 Å². The van der Waals surface area contributed by atoms with Crippen LogP contribution in [0.15, 0.2) is 29.3 Å². The molecule has 4 heterocycles. The first-order valence-corrected chi connectivity index (χ1v) is 15.1. The van der Waals surface area contributed by atoms with Crippen molar-refractivity contribution in [3.05, 3.63) is 41.0 Å². The van der Waals surface area contributed by atoms with Gasteiger partial charge in [0.2, 0.25) is 18.4 Å². The standard InChI is InChI=1S/C32H35N3O9/c1-40-24-10-17(11-25(41-2)30(24)37)27-18-12-22-23(44-16-43-22)13-19(18)29(20-15-42-32(39)28(20)27)33-21-14-26(36)35(31(21)38)9-8-34-6-4-3-5-7-34/h10-13,20,27-29,37H,3-9,14-16H2,1-2H3/t20-,27+,28-,29+/m0/s1. The Morgan fingerprint density at radius 3 is 2.27 bits per heavy atom. The first kappa shape index (κ1) is 28.5. The third-order valence-corrected chi connectivity index (χ3v) is 9.50. The zero-order valence-corrected chi connectivity index (χ0v) is 24.7. The number of imide groups is 1. The lowest BCUT2D eigenvalue weighted by Crippen LogP contribution is -2.40. The van der Waals surface area contributed by atoms with Gasteiger partial charge in [0.15, 0.2) is 23.0 Å². The van der Waals surface area contributed by atoms with Gasteiger partial charge in [-0.2, -0.15) is 0 Å². The van der Waals surface area contributed by atoms with Gasteiger partial charge in [-0.25, -0.2) is 0 Å². The highest BCUT2D eigenvalue weighted by Gasteiger charge is 2.53. The number of phenols is 1. The Balaban J connectivity index is 1.29. The van der Waals surface area contributed by atoms with Gasteiger partial charge in [-0.1, -0.05) is 6.42 Å². The molecule has 0 bridgehead atoms. The van der Waals surface area contributed by atoms with Crippen molar-refractivity contribution in [3.63, 3.8) is 0 Å². The number of rotatable bonds is 7. The molecular formula is C32H35N3O9. The highest BCUT2D eigenvalue weighted by atomic mass is 16.7. The number of hydrogen-bond donors (Lipinski definition) is 1. The van der Waals surface area contributed by atoms with Crippen molar-refractivity contribution >= 4 is 23.5 Å². The van der Waals surface area contributed by atoms with Crippen molar-refractivity contribution in [3.8, 4) is 28.7 Å². The molecule has 0 aromatic heterocycles. The van der Waals surface area contributed by atoms with Crippen LogP contribution in [-0.4, -0.2) is 92.2 Å². The van der Waals surface area contributed by atoms with Gasteiger partial charge in [0.25, 0.3) is 5.91 Å². The molecule has 1 aliphatic carbocycles. The highest BCUT2D eigenvalue weighted by molar-refractivity contribution is 6.48. The number of nitrogens with zero attached hydrogens (tertiary/aromatic N) is 3. The summed E-state index contributed by atoms with van der Waals surface area (Å²) in [7, 11) is 2.89. The van der Waals surface area contributed by atoms with Gasteiger partial charge in [0.05, 0.1) is 39.2 Å². The number of carbonyl (C=O) groups excluding carboxylic acids is 3. The number of aliphatic imine (C=N–C) groups is 1. The van der Waals surface area contributed by atoms with E-state index in [1.54, 1.807) is 12.1 Å². The predicted molar refractivity (Wildman–Crippen MR) is 155 cm³/mol. The van der Waals surface area contributed by atoms with Gasteiger partial charge in [-0.15, -0.1) is 0 Å². The van der Waals surface area contributed by atoms with Gasteiger partial charge in [-0.05, 0) is 66.9 Å². The maximum Gasteiger partial charge on any atom is 0.310 e. The number of hydrogen-bond acceptors (Lipinski definition) is 11. The molecule has 0 spiro atoms. The maximum atomic E-state index is 13.5. The average molecular weight is 606 g/mol. The molecule has 0 saturated carbocycles. The molecule has 0 radical (unpaired) electrons. The van der Waals surface area contributed by atoms with E-state index in [0.717, 1.165) is 37.1 Å². The number of ether oxygens (including phenoxy) is 5. The summed E-state index contributed by atoms with van der Waals surface area (Å²) < 4.78 is 27.9. The summed E-state index contributed by atoms with van der Waals surface area (Å²) in [6.07, 6.45) is 3.38. The molecule has 4 atom stereocenters. The molecule has 2 aromatic carbocycles. The van der Waals surface area contributed by atoms with Crippen molar-refractivity contribution in [2.45, 2.75) is 37.6 Å². The highest BCUT2D eigenvalue weighted by Crippen LogP contribution is 2.56. The van der Waals surface area contributed by atoms with Crippen molar-refractivity contribution in [2.75, 3.05) is 53.8 Å². The number of phenolic OH excluding ortho intramolecular Hbond substituents is 1. The third-order valence-electron chi connectivity index (χ3n) is 9.50. The van der Waals surface area contributed by atoms with E-state index in [1.807, 2.05) is 12.1 Å². The van der Waals surface area contributed by atoms with Crippen LogP contribution in [0.4, 0.5) is 0 Å². The second kappa shape index (κ2) is 11.3. The van der Waals surface area contributed by atoms with E-state index in [0.29, 0.717) is 30.2 Å². The number of piperidine rings is 1. The summed E-state index contributed by atoms with van der Waals surface area (Å²) in [4.78, 5) is 48.5. The zero-order chi connectivity index (χ0) is 30.5. The fourth-order valence-electron chi connectivity index (χ4n) is 7.30. The van der Waals surface area contributed by atoms with Gasteiger partial charge >= 0.3 is 5.97 Å². The smallest absolute Gasteiger partial charge is 0.310 e. The molecular weight excluding hydrogens is 570 g/mol. The van der Waals surface area contributed by atoms with Crippen molar-refractivity contribution < 1.29 is 43.2 Å². The number of fused-ring (bicyclic) bond motifs is 3. The molecule has 7 rings (SSSR count). The third kappa shape index (κ3) is 4.72. The van der Waals surface area contributed by atoms with Gasteiger partial charge in [-0.3, -0.25) is 24.3 Å². The first-order valence-electron chi connectivity index (χ1n) is 15.1. The van der Waals surface area contributed by atoms with E-state index in [9.17, 15) is 19.5 Å². The van der Waals surface area contributed by atoms with Gasteiger partial charge < -0.3 is 33.7 Å². The maximum absolute atomic E-state index is 13.5. The minimum Gasteiger partial charge on any atom is -0.502 e. The van der Waals surface area contributed by atoms with Gasteiger partial charge in [0.1, 0.15) is 5.71 Å². The Bertz CT molecular complexity index is 1520. The molecule has 1 N–H and O–H groups in total. The zero-order valence-electron chi connectivity index (χ0n) is 24.7. The van der Waals surface area contributed by atoms with Gasteiger partial charge in [0, 0.05) is 24.9 Å². The Morgan fingerprint density at radius 2 is 1.59 bits per heavy atom. The van der Waals surface area contributed by atoms with E-state index in [-0.39, 0.29) is 54.6 Å². The van der Waals surface area contributed by atoms with E-state index < -0.39 is 29.8 Å². The fourth-order valence-corrected chi connectivity index (χ4v) is 7.30. The molecule has 0 unspecified atom stereocenters. The summed E-state index contributed by atoms with van der Waals surface area (Å²) >= 11 is 0. The second-order valence-electron chi connectivity index (χ2n) is 11.9. The number of amides is 2. The number of likely N-dealkylation sites (tertiary alicyclic amines) is 2. The summed E-state index contributed by atoms with van der Waals surface area (Å²) in [5.41, 5.74) is 2.36. The second-order valence-corrected chi connectivity index (χ2v) is 11.9. The normalized spacial score (nSPS) is 27.0. The minimum atomic E-state index is -0.668. The van der Waals surface area contributed by atoms with E-state index in [1.165, 1.54) is 25.5 Å². The largest absolute Gasteiger partial charge is 0.502 e. The molecule has 2 amide bonds. The van der Waals surface area contributed by atoms with Crippen LogP contribution < -0.4 is 18.9 Å². The molecule has 4 aliphatic heterocycles. The monoisotopic (exact) mass is 605 g/mol. The first-order chi connectivity index (χ1) is 21.4. The lowest BCUT2D eigenvalue weighted by atomic mass is 9.65. The molecule has 3 fully saturated rings. The number of esters is 1. The number of aromatic hydroxyl groups is 1. The Hall–Kier alpha value is -4.32. The SMILES string of the molecule is COc1cc([C@@H]2c3cc4c(cc3[C@@H](N=C3CC(=O)N(CCN5CCCCC5)C3=O)[C@H]3COC(=O)[C@H]23)OCO4)cc(OC)c1O. The van der Waals surface area contributed by atoms with Crippen LogP contribution in [-0.2, 0) is 19.1 Å². The Morgan fingerprint density at radius 1 is 0.909 bits per heavy atom. The molecule has 232 valence electrons. The molecule has 12 heteroatoms. The van der Waals surface area contributed by atoms with E-state index >= 15 is 0 Å². The topological polar surface area (TPSA) is 136 Å². The molecule has 44 heavy (non-hydrogen) atoms.